The fraction of sp³-hybridized carbons (Fsp3) is 0.471. The smallest absolute Gasteiger partial charge is 0.405 e. The molecule has 7 nitrogen and oxygen atoms in total. The van der Waals surface area contributed by atoms with E-state index in [1.54, 1.807) is 13.0 Å². The molecule has 0 saturated carbocycles. The second-order valence-electron chi connectivity index (χ2n) is 5.93. The molecule has 0 bridgehead atoms. The van der Waals surface area contributed by atoms with E-state index >= 15 is 0 Å². The van der Waals surface area contributed by atoms with Gasteiger partial charge in [-0.1, -0.05) is 20.8 Å². The third-order valence-corrected chi connectivity index (χ3v) is 4.11. The lowest BCUT2D eigenvalue weighted by atomic mass is 10.0. The lowest BCUT2D eigenvalue weighted by Crippen LogP contribution is -2.44. The number of hydrogen-bond donors (Lipinski definition) is 3. The standard InChI is InChI=1S/C17H23BrN2O5/c1-5-14(21)10-7-11(18)15(25-4)8-12(10)19-16(22)13(6-9(2)3)20-17(23)24/h7-9,13,20H,5-6H2,1-4H3,(H,19,22)(H,23,24). The van der Waals surface area contributed by atoms with Crippen molar-refractivity contribution in [2.24, 2.45) is 5.92 Å². The third kappa shape index (κ3) is 6.04. The number of nitrogens with one attached hydrogen (secondary N) is 2. The van der Waals surface area contributed by atoms with Crippen LogP contribution < -0.4 is 15.4 Å². The molecule has 1 rings (SSSR count). The van der Waals surface area contributed by atoms with Gasteiger partial charge in [-0.2, -0.15) is 0 Å². The number of methoxy groups -OCH3 is 1. The van der Waals surface area contributed by atoms with Gasteiger partial charge >= 0.3 is 6.09 Å². The van der Waals surface area contributed by atoms with Crippen LogP contribution in [0.1, 0.15) is 44.0 Å². The first-order valence-corrected chi connectivity index (χ1v) is 8.69. The molecule has 1 unspecified atom stereocenters. The molecule has 0 aromatic heterocycles. The summed E-state index contributed by atoms with van der Waals surface area (Å²) in [4.78, 5) is 35.6. The average molecular weight is 415 g/mol. The van der Waals surface area contributed by atoms with E-state index in [0.29, 0.717) is 22.2 Å². The van der Waals surface area contributed by atoms with E-state index in [4.69, 9.17) is 9.84 Å². The van der Waals surface area contributed by atoms with E-state index < -0.39 is 18.0 Å². The van der Waals surface area contributed by atoms with Crippen molar-refractivity contribution in [1.29, 1.82) is 0 Å². The summed E-state index contributed by atoms with van der Waals surface area (Å²) in [5, 5.41) is 13.8. The summed E-state index contributed by atoms with van der Waals surface area (Å²) >= 11 is 3.32. The van der Waals surface area contributed by atoms with Gasteiger partial charge in [-0.3, -0.25) is 9.59 Å². The predicted octanol–water partition coefficient (Wildman–Crippen LogP) is 3.67. The summed E-state index contributed by atoms with van der Waals surface area (Å²) in [6, 6.07) is 2.21. The molecule has 25 heavy (non-hydrogen) atoms. The molecule has 0 spiro atoms. The van der Waals surface area contributed by atoms with Crippen LogP contribution in [-0.2, 0) is 4.79 Å². The number of hydrogen-bond acceptors (Lipinski definition) is 4. The molecular weight excluding hydrogens is 392 g/mol. The molecule has 0 heterocycles. The van der Waals surface area contributed by atoms with Crippen LogP contribution in [0.2, 0.25) is 0 Å². The zero-order valence-corrected chi connectivity index (χ0v) is 16.3. The van der Waals surface area contributed by atoms with Crippen molar-refractivity contribution in [3.63, 3.8) is 0 Å². The minimum Gasteiger partial charge on any atom is -0.495 e. The van der Waals surface area contributed by atoms with Crippen molar-refractivity contribution in [2.75, 3.05) is 12.4 Å². The van der Waals surface area contributed by atoms with Gasteiger partial charge in [0.05, 0.1) is 17.3 Å². The predicted molar refractivity (Wildman–Crippen MR) is 98.3 cm³/mol. The van der Waals surface area contributed by atoms with E-state index in [1.807, 2.05) is 13.8 Å². The van der Waals surface area contributed by atoms with Crippen molar-refractivity contribution >= 4 is 39.4 Å². The lowest BCUT2D eigenvalue weighted by Gasteiger charge is -2.20. The Labute approximate surface area is 155 Å². The molecule has 0 aliphatic carbocycles. The molecule has 3 N–H and O–H groups in total. The summed E-state index contributed by atoms with van der Waals surface area (Å²) in [7, 11) is 1.47. The molecular formula is C17H23BrN2O5. The summed E-state index contributed by atoms with van der Waals surface area (Å²) < 4.78 is 5.80. The van der Waals surface area contributed by atoms with E-state index in [1.165, 1.54) is 13.2 Å². The molecule has 138 valence electrons. The van der Waals surface area contributed by atoms with E-state index in [2.05, 4.69) is 26.6 Å². The van der Waals surface area contributed by atoms with Crippen molar-refractivity contribution in [3.05, 3.63) is 22.2 Å². The number of amides is 2. The Hall–Kier alpha value is -2.09. The zero-order valence-electron chi connectivity index (χ0n) is 14.7. The molecule has 8 heteroatoms. The molecule has 0 saturated heterocycles. The number of ketones is 1. The Morgan fingerprint density at radius 2 is 1.92 bits per heavy atom. The van der Waals surface area contributed by atoms with Crippen LogP contribution in [0.3, 0.4) is 0 Å². The maximum atomic E-state index is 12.5. The molecule has 0 aliphatic heterocycles. The topological polar surface area (TPSA) is 105 Å². The Bertz CT molecular complexity index is 661. The Morgan fingerprint density at radius 3 is 2.40 bits per heavy atom. The number of anilines is 1. The van der Waals surface area contributed by atoms with Gasteiger partial charge < -0.3 is 20.5 Å². The number of carbonyl (C=O) groups is 3. The Kier molecular flexibility index (Phi) is 7.89. The van der Waals surface area contributed by atoms with E-state index in [0.717, 1.165) is 0 Å². The highest BCUT2D eigenvalue weighted by atomic mass is 79.9. The molecule has 1 aromatic carbocycles. The fourth-order valence-electron chi connectivity index (χ4n) is 2.31. The molecule has 2 amide bonds. The van der Waals surface area contributed by atoms with Gasteiger partial charge in [0.15, 0.2) is 5.78 Å². The van der Waals surface area contributed by atoms with Crippen molar-refractivity contribution in [1.82, 2.24) is 5.32 Å². The minimum atomic E-state index is -1.28. The van der Waals surface area contributed by atoms with Crippen LogP contribution in [-0.4, -0.2) is 36.0 Å². The fourth-order valence-corrected chi connectivity index (χ4v) is 2.81. The van der Waals surface area contributed by atoms with Crippen molar-refractivity contribution < 1.29 is 24.2 Å². The lowest BCUT2D eigenvalue weighted by molar-refractivity contribution is -0.118. The van der Waals surface area contributed by atoms with Gasteiger partial charge in [0.2, 0.25) is 5.91 Å². The first-order chi connectivity index (χ1) is 11.7. The van der Waals surface area contributed by atoms with Crippen LogP contribution in [0.25, 0.3) is 0 Å². The van der Waals surface area contributed by atoms with Crippen LogP contribution >= 0.6 is 15.9 Å². The number of rotatable bonds is 8. The number of Topliss-reactive ketones (excluding diaryl/α,β-unsaturated/α-hetero) is 1. The number of benzene rings is 1. The largest absolute Gasteiger partial charge is 0.495 e. The van der Waals surface area contributed by atoms with Gasteiger partial charge in [0, 0.05) is 18.1 Å². The van der Waals surface area contributed by atoms with Gasteiger partial charge in [0.1, 0.15) is 11.8 Å². The normalized spacial score (nSPS) is 11.8. The first kappa shape index (κ1) is 21.0. The summed E-state index contributed by atoms with van der Waals surface area (Å²) in [6.07, 6.45) is -0.674. The monoisotopic (exact) mass is 414 g/mol. The average Bonchev–Trinajstić information content (AvgIpc) is 2.53. The quantitative estimate of drug-likeness (QED) is 0.562. The van der Waals surface area contributed by atoms with Gasteiger partial charge in [-0.15, -0.1) is 0 Å². The van der Waals surface area contributed by atoms with Crippen LogP contribution in [0, 0.1) is 5.92 Å². The molecule has 1 atom stereocenters. The van der Waals surface area contributed by atoms with Crippen LogP contribution in [0.15, 0.2) is 16.6 Å². The molecule has 1 aromatic rings. The number of carbonyl (C=O) groups excluding carboxylic acids is 2. The molecule has 0 fully saturated rings. The van der Waals surface area contributed by atoms with Gasteiger partial charge in [0.25, 0.3) is 0 Å². The first-order valence-electron chi connectivity index (χ1n) is 7.90. The highest BCUT2D eigenvalue weighted by molar-refractivity contribution is 9.10. The van der Waals surface area contributed by atoms with Gasteiger partial charge in [-0.25, -0.2) is 4.79 Å². The zero-order chi connectivity index (χ0) is 19.1. The third-order valence-electron chi connectivity index (χ3n) is 3.49. The number of carboxylic acid groups (broad SMARTS) is 1. The van der Waals surface area contributed by atoms with E-state index in [9.17, 15) is 14.4 Å². The minimum absolute atomic E-state index is 0.110. The molecule has 0 aliphatic rings. The Morgan fingerprint density at radius 1 is 1.28 bits per heavy atom. The van der Waals surface area contributed by atoms with Crippen molar-refractivity contribution in [2.45, 2.75) is 39.7 Å². The highest BCUT2D eigenvalue weighted by Gasteiger charge is 2.24. The SMILES string of the molecule is CCC(=O)c1cc(Br)c(OC)cc1NC(=O)C(CC(C)C)NC(=O)O. The number of halogens is 1. The molecule has 0 radical (unpaired) electrons. The maximum Gasteiger partial charge on any atom is 0.405 e. The Balaban J connectivity index is 3.18. The summed E-state index contributed by atoms with van der Waals surface area (Å²) in [6.45, 7) is 5.50. The summed E-state index contributed by atoms with van der Waals surface area (Å²) in [5.41, 5.74) is 0.625. The number of ether oxygens (including phenoxy) is 1. The van der Waals surface area contributed by atoms with E-state index in [-0.39, 0.29) is 23.8 Å². The van der Waals surface area contributed by atoms with Crippen LogP contribution in [0.4, 0.5) is 10.5 Å². The second-order valence-corrected chi connectivity index (χ2v) is 6.78. The summed E-state index contributed by atoms with van der Waals surface area (Å²) in [5.74, 6) is -0.107. The highest BCUT2D eigenvalue weighted by Crippen LogP contribution is 2.32. The van der Waals surface area contributed by atoms with Crippen molar-refractivity contribution in [3.8, 4) is 5.75 Å². The van der Waals surface area contributed by atoms with Crippen LogP contribution in [0.5, 0.6) is 5.75 Å². The van der Waals surface area contributed by atoms with Gasteiger partial charge in [-0.05, 0) is 34.3 Å². The maximum absolute atomic E-state index is 12.5. The second kappa shape index (κ2) is 9.41.